The number of aryl methyl sites for hydroxylation is 1. The fourth-order valence-corrected chi connectivity index (χ4v) is 4.91. The van der Waals surface area contributed by atoms with Crippen LogP contribution in [0.1, 0.15) is 12.0 Å². The Morgan fingerprint density at radius 2 is 1.87 bits per heavy atom. The first-order valence-electron chi connectivity index (χ1n) is 8.07. The lowest BCUT2D eigenvalue weighted by Crippen LogP contribution is -2.37. The maximum atomic E-state index is 13.0. The summed E-state index contributed by atoms with van der Waals surface area (Å²) in [5.74, 6) is 0. The van der Waals surface area contributed by atoms with Gasteiger partial charge in [0.25, 0.3) is 0 Å². The van der Waals surface area contributed by atoms with Crippen molar-refractivity contribution in [2.24, 2.45) is 0 Å². The molecule has 0 aromatic heterocycles. The second-order valence-corrected chi connectivity index (χ2v) is 8.51. The van der Waals surface area contributed by atoms with Gasteiger partial charge in [-0.25, -0.2) is 8.42 Å². The normalized spacial score (nSPS) is 22.8. The van der Waals surface area contributed by atoms with E-state index in [-0.39, 0.29) is 0 Å². The average Bonchev–Trinajstić information content (AvgIpc) is 3.18. The highest BCUT2D eigenvalue weighted by atomic mass is 32.2. The fraction of sp³-hybridized carbons (Fsp3) is 0.529. The molecule has 0 unspecified atom stereocenters. The number of sulfonamides is 1. The van der Waals surface area contributed by atoms with E-state index in [0.717, 1.165) is 30.8 Å². The number of anilines is 1. The van der Waals surface area contributed by atoms with Gasteiger partial charge in [-0.2, -0.15) is 4.31 Å². The summed E-state index contributed by atoms with van der Waals surface area (Å²) in [7, 11) is 0.457. The Kier molecular flexibility index (Phi) is 4.49. The number of hydrogen-bond donors (Lipinski definition) is 0. The van der Waals surface area contributed by atoms with Crippen LogP contribution in [0.3, 0.4) is 0 Å². The summed E-state index contributed by atoms with van der Waals surface area (Å²) in [4.78, 5) is 4.69. The zero-order chi connectivity index (χ0) is 16.6. The molecule has 6 heteroatoms. The highest BCUT2D eigenvalue weighted by Gasteiger charge is 2.35. The van der Waals surface area contributed by atoms with E-state index in [9.17, 15) is 8.42 Å². The van der Waals surface area contributed by atoms with Gasteiger partial charge in [0.2, 0.25) is 10.0 Å². The van der Waals surface area contributed by atoms with E-state index >= 15 is 0 Å². The minimum Gasteiger partial charge on any atom is -0.377 e. The summed E-state index contributed by atoms with van der Waals surface area (Å²) in [6, 6.07) is 5.73. The van der Waals surface area contributed by atoms with E-state index in [1.54, 1.807) is 16.4 Å². The summed E-state index contributed by atoms with van der Waals surface area (Å²) in [6.45, 7) is 5.07. The van der Waals surface area contributed by atoms with E-state index in [1.807, 2.05) is 32.0 Å². The molecule has 3 rings (SSSR count). The van der Waals surface area contributed by atoms with Gasteiger partial charge in [0.1, 0.15) is 0 Å². The van der Waals surface area contributed by atoms with Crippen LogP contribution in [-0.2, 0) is 10.0 Å². The predicted molar refractivity (Wildman–Crippen MR) is 93.4 cm³/mol. The van der Waals surface area contributed by atoms with E-state index in [0.29, 0.717) is 24.0 Å². The van der Waals surface area contributed by atoms with Crippen LogP contribution < -0.4 is 4.90 Å². The predicted octanol–water partition coefficient (Wildman–Crippen LogP) is 1.70. The molecule has 1 aromatic carbocycles. The summed E-state index contributed by atoms with van der Waals surface area (Å²) in [6.07, 6.45) is 5.22. The molecule has 0 N–H and O–H groups in total. The first-order valence-corrected chi connectivity index (χ1v) is 9.51. The van der Waals surface area contributed by atoms with Gasteiger partial charge in [-0.1, -0.05) is 18.2 Å². The zero-order valence-electron chi connectivity index (χ0n) is 14.1. The molecule has 2 aliphatic rings. The molecule has 0 aliphatic carbocycles. The summed E-state index contributed by atoms with van der Waals surface area (Å²) in [5.41, 5.74) is 2.03. The topological polar surface area (TPSA) is 43.9 Å². The molecule has 126 valence electrons. The van der Waals surface area contributed by atoms with Crippen molar-refractivity contribution in [1.82, 2.24) is 9.21 Å². The molecule has 1 aromatic rings. The van der Waals surface area contributed by atoms with Gasteiger partial charge in [0.05, 0.1) is 4.90 Å². The van der Waals surface area contributed by atoms with E-state index in [1.165, 1.54) is 0 Å². The smallest absolute Gasteiger partial charge is 0.243 e. The standard InChI is InChI=1S/C17H25N3O2S/c1-14-6-7-16(12-17(14)18(2)3)23(21,22)20-11-8-15(13-20)19-9-4-5-10-19/h4-7,12,15H,8-11,13H2,1-3H3/t15-/m1/s1. The van der Waals surface area contributed by atoms with Gasteiger partial charge in [-0.15, -0.1) is 0 Å². The van der Waals surface area contributed by atoms with Crippen molar-refractivity contribution in [3.8, 4) is 0 Å². The van der Waals surface area contributed by atoms with Crippen LogP contribution in [0.4, 0.5) is 5.69 Å². The van der Waals surface area contributed by atoms with Crippen molar-refractivity contribution < 1.29 is 8.42 Å². The maximum Gasteiger partial charge on any atom is 0.243 e. The molecule has 5 nitrogen and oxygen atoms in total. The van der Waals surface area contributed by atoms with Gasteiger partial charge >= 0.3 is 0 Å². The molecule has 1 saturated heterocycles. The van der Waals surface area contributed by atoms with E-state index in [4.69, 9.17) is 0 Å². The van der Waals surface area contributed by atoms with Crippen LogP contribution in [0.25, 0.3) is 0 Å². The van der Waals surface area contributed by atoms with Crippen LogP contribution in [0.5, 0.6) is 0 Å². The summed E-state index contributed by atoms with van der Waals surface area (Å²) < 4.78 is 27.5. The van der Waals surface area contributed by atoms with Crippen molar-refractivity contribution in [3.05, 3.63) is 35.9 Å². The lowest BCUT2D eigenvalue weighted by Gasteiger charge is -2.24. The fourth-order valence-electron chi connectivity index (χ4n) is 3.40. The maximum absolute atomic E-state index is 13.0. The number of benzene rings is 1. The second kappa shape index (κ2) is 6.26. The Balaban J connectivity index is 1.80. The Morgan fingerprint density at radius 1 is 1.17 bits per heavy atom. The van der Waals surface area contributed by atoms with Crippen molar-refractivity contribution in [2.75, 3.05) is 45.2 Å². The largest absolute Gasteiger partial charge is 0.377 e. The van der Waals surface area contributed by atoms with Crippen molar-refractivity contribution in [2.45, 2.75) is 24.3 Å². The Labute approximate surface area is 139 Å². The highest BCUT2D eigenvalue weighted by molar-refractivity contribution is 7.89. The molecule has 1 fully saturated rings. The monoisotopic (exact) mass is 335 g/mol. The molecule has 0 bridgehead atoms. The molecule has 2 aliphatic heterocycles. The summed E-state index contributed by atoms with van der Waals surface area (Å²) in [5, 5.41) is 0. The van der Waals surface area contributed by atoms with Crippen LogP contribution in [-0.4, -0.2) is 63.9 Å². The Morgan fingerprint density at radius 3 is 2.52 bits per heavy atom. The van der Waals surface area contributed by atoms with Gasteiger partial charge in [0.15, 0.2) is 0 Å². The van der Waals surface area contributed by atoms with Gasteiger partial charge in [-0.05, 0) is 31.0 Å². The first kappa shape index (κ1) is 16.5. The number of hydrogen-bond acceptors (Lipinski definition) is 4. The molecular formula is C17H25N3O2S. The molecule has 0 saturated carbocycles. The third kappa shape index (κ3) is 3.16. The molecule has 23 heavy (non-hydrogen) atoms. The van der Waals surface area contributed by atoms with Gasteiger partial charge < -0.3 is 4.90 Å². The zero-order valence-corrected chi connectivity index (χ0v) is 14.9. The molecular weight excluding hydrogens is 310 g/mol. The van der Waals surface area contributed by atoms with Crippen LogP contribution in [0.2, 0.25) is 0 Å². The van der Waals surface area contributed by atoms with E-state index < -0.39 is 10.0 Å². The first-order chi connectivity index (χ1) is 10.9. The molecule has 0 amide bonds. The van der Waals surface area contributed by atoms with Crippen LogP contribution >= 0.6 is 0 Å². The number of rotatable bonds is 4. The average molecular weight is 335 g/mol. The van der Waals surface area contributed by atoms with Crippen molar-refractivity contribution in [1.29, 1.82) is 0 Å². The minimum atomic E-state index is -3.41. The van der Waals surface area contributed by atoms with Crippen molar-refractivity contribution in [3.63, 3.8) is 0 Å². The van der Waals surface area contributed by atoms with Gasteiger partial charge in [0, 0.05) is 52.0 Å². The third-order valence-corrected chi connectivity index (χ3v) is 6.65. The second-order valence-electron chi connectivity index (χ2n) is 6.57. The number of nitrogens with zero attached hydrogens (tertiary/aromatic N) is 3. The summed E-state index contributed by atoms with van der Waals surface area (Å²) >= 11 is 0. The van der Waals surface area contributed by atoms with Gasteiger partial charge in [-0.3, -0.25) is 4.90 Å². The molecule has 1 atom stereocenters. The lowest BCUT2D eigenvalue weighted by molar-refractivity contribution is 0.261. The molecule has 0 spiro atoms. The lowest BCUT2D eigenvalue weighted by atomic mass is 10.2. The van der Waals surface area contributed by atoms with Crippen molar-refractivity contribution >= 4 is 15.7 Å². The van der Waals surface area contributed by atoms with E-state index in [2.05, 4.69) is 17.1 Å². The molecule has 0 radical (unpaired) electrons. The third-order valence-electron chi connectivity index (χ3n) is 4.79. The molecule has 2 heterocycles. The minimum absolute atomic E-state index is 0.332. The Hall–Kier alpha value is -1.37. The van der Waals surface area contributed by atoms with Crippen LogP contribution in [0.15, 0.2) is 35.2 Å². The van der Waals surface area contributed by atoms with Crippen LogP contribution in [0, 0.1) is 6.92 Å². The highest BCUT2D eigenvalue weighted by Crippen LogP contribution is 2.28. The SMILES string of the molecule is Cc1ccc(S(=O)(=O)N2CC[C@@H](N3CC=CC3)C2)cc1N(C)C. The Bertz CT molecular complexity index is 705. The quantitative estimate of drug-likeness (QED) is 0.786.